The Labute approximate surface area is 203 Å². The maximum atomic E-state index is 14.4. The Balaban J connectivity index is 1.72. The van der Waals surface area contributed by atoms with Crippen LogP contribution in [0.25, 0.3) is 11.3 Å². The maximum absolute atomic E-state index is 14.4. The molecular formula is C22H17BrF4N2O6. The van der Waals surface area contributed by atoms with E-state index in [9.17, 15) is 32.6 Å². The standard InChI is InChI=1S/C22H17BrF4N2O6/c1-29-14(9-17(28-29)21(24,25)20(32)33-2)12-5-4-11(23)8-13(12)19(31)18(30)10-3-6-15-16(7-10)35-22(26,27)34-15/h3-9,18-19,30-31H,1-2H3. The monoisotopic (exact) mass is 560 g/mol. The van der Waals surface area contributed by atoms with Gasteiger partial charge in [0.15, 0.2) is 11.5 Å². The van der Waals surface area contributed by atoms with Crippen LogP contribution >= 0.6 is 15.9 Å². The number of carbonyl (C=O) groups is 1. The number of aliphatic hydroxyl groups excluding tert-OH is 2. The van der Waals surface area contributed by atoms with Gasteiger partial charge in [0.05, 0.1) is 12.8 Å². The molecule has 8 nitrogen and oxygen atoms in total. The number of esters is 1. The largest absolute Gasteiger partial charge is 0.586 e. The summed E-state index contributed by atoms with van der Waals surface area (Å²) in [6, 6.07) is 9.01. The van der Waals surface area contributed by atoms with Gasteiger partial charge in [-0.3, -0.25) is 4.68 Å². The van der Waals surface area contributed by atoms with E-state index in [0.29, 0.717) is 4.47 Å². The Kier molecular flexibility index (Phi) is 6.28. The molecule has 2 aromatic carbocycles. The van der Waals surface area contributed by atoms with Crippen molar-refractivity contribution in [1.29, 1.82) is 0 Å². The number of fused-ring (bicyclic) bond motifs is 1. The van der Waals surface area contributed by atoms with Crippen LogP contribution < -0.4 is 9.47 Å². The smallest absolute Gasteiger partial charge is 0.464 e. The number of nitrogens with zero attached hydrogens (tertiary/aromatic N) is 2. The summed E-state index contributed by atoms with van der Waals surface area (Å²) in [5.41, 5.74) is -0.420. The molecule has 1 aliphatic rings. The Bertz CT molecular complexity index is 1300. The number of benzene rings is 2. The Morgan fingerprint density at radius 2 is 1.80 bits per heavy atom. The first-order chi connectivity index (χ1) is 16.3. The minimum Gasteiger partial charge on any atom is -0.464 e. The van der Waals surface area contributed by atoms with Gasteiger partial charge in [-0.2, -0.15) is 13.9 Å². The predicted molar refractivity (Wildman–Crippen MR) is 115 cm³/mol. The molecule has 13 heteroatoms. The van der Waals surface area contributed by atoms with Gasteiger partial charge in [0.2, 0.25) is 0 Å². The second kappa shape index (κ2) is 8.81. The van der Waals surface area contributed by atoms with Gasteiger partial charge >= 0.3 is 18.2 Å². The van der Waals surface area contributed by atoms with E-state index >= 15 is 0 Å². The van der Waals surface area contributed by atoms with E-state index in [1.54, 1.807) is 6.07 Å². The number of aromatic nitrogens is 2. The van der Waals surface area contributed by atoms with Crippen molar-refractivity contribution in [3.63, 3.8) is 0 Å². The van der Waals surface area contributed by atoms with E-state index in [2.05, 4.69) is 35.2 Å². The number of halogens is 5. The lowest BCUT2D eigenvalue weighted by molar-refractivity contribution is -0.286. The third-order valence-corrected chi connectivity index (χ3v) is 5.81. The molecule has 0 bridgehead atoms. The van der Waals surface area contributed by atoms with Gasteiger partial charge in [-0.05, 0) is 41.5 Å². The highest BCUT2D eigenvalue weighted by Crippen LogP contribution is 2.44. The number of hydrogen-bond donors (Lipinski definition) is 2. The number of rotatable bonds is 6. The van der Waals surface area contributed by atoms with Crippen LogP contribution in [0.15, 0.2) is 46.9 Å². The van der Waals surface area contributed by atoms with Crippen LogP contribution in [0.4, 0.5) is 17.6 Å². The molecule has 1 aromatic heterocycles. The summed E-state index contributed by atoms with van der Waals surface area (Å²) < 4.78 is 69.8. The molecule has 1 aliphatic heterocycles. The number of carbonyl (C=O) groups excluding carboxylic acids is 1. The van der Waals surface area contributed by atoms with E-state index in [4.69, 9.17) is 0 Å². The minimum absolute atomic E-state index is 0.0337. The molecule has 0 saturated heterocycles. The molecule has 0 amide bonds. The molecular weight excluding hydrogens is 544 g/mol. The number of ether oxygens (including phenoxy) is 3. The van der Waals surface area contributed by atoms with E-state index < -0.39 is 36.1 Å². The first kappa shape index (κ1) is 24.9. The molecule has 0 fully saturated rings. The van der Waals surface area contributed by atoms with Gasteiger partial charge in [-0.25, -0.2) is 4.79 Å². The number of alkyl halides is 4. The van der Waals surface area contributed by atoms with E-state index in [0.717, 1.165) is 30.0 Å². The minimum atomic E-state index is -4.02. The molecule has 0 radical (unpaired) electrons. The summed E-state index contributed by atoms with van der Waals surface area (Å²) in [6.07, 6.45) is -7.12. The molecule has 0 saturated carbocycles. The molecule has 0 aliphatic carbocycles. The van der Waals surface area contributed by atoms with Crippen LogP contribution in [0.2, 0.25) is 0 Å². The van der Waals surface area contributed by atoms with Crippen molar-refractivity contribution in [2.45, 2.75) is 24.4 Å². The van der Waals surface area contributed by atoms with Gasteiger partial charge in [-0.1, -0.05) is 28.1 Å². The average Bonchev–Trinajstić information content (AvgIpc) is 3.35. The zero-order valence-electron chi connectivity index (χ0n) is 18.0. The first-order valence-electron chi connectivity index (χ1n) is 9.90. The SMILES string of the molecule is COC(=O)C(F)(F)c1cc(-c2ccc(Br)cc2C(O)C(O)c2ccc3c(c2)OC(F)(F)O3)n(C)n1. The molecule has 186 valence electrons. The van der Waals surface area contributed by atoms with E-state index in [-0.39, 0.29) is 33.9 Å². The van der Waals surface area contributed by atoms with Gasteiger partial charge in [0, 0.05) is 17.1 Å². The molecule has 2 atom stereocenters. The zero-order valence-corrected chi connectivity index (χ0v) is 19.6. The van der Waals surface area contributed by atoms with Gasteiger partial charge < -0.3 is 24.4 Å². The maximum Gasteiger partial charge on any atom is 0.586 e. The third kappa shape index (κ3) is 4.58. The fourth-order valence-corrected chi connectivity index (χ4v) is 4.00. The molecule has 0 spiro atoms. The van der Waals surface area contributed by atoms with Gasteiger partial charge in [-0.15, -0.1) is 8.78 Å². The zero-order chi connectivity index (χ0) is 25.7. The van der Waals surface area contributed by atoms with Crippen LogP contribution in [0, 0.1) is 0 Å². The van der Waals surface area contributed by atoms with Crippen molar-refractivity contribution in [2.75, 3.05) is 7.11 Å². The number of aliphatic hydroxyl groups is 2. The summed E-state index contributed by atoms with van der Waals surface area (Å²) >= 11 is 3.26. The van der Waals surface area contributed by atoms with Crippen LogP contribution in [-0.2, 0) is 22.5 Å². The molecule has 2 unspecified atom stereocenters. The van der Waals surface area contributed by atoms with Gasteiger partial charge in [0.25, 0.3) is 0 Å². The quantitative estimate of drug-likeness (QED) is 0.344. The topological polar surface area (TPSA) is 103 Å². The first-order valence-corrected chi connectivity index (χ1v) is 10.7. The Morgan fingerprint density at radius 1 is 1.11 bits per heavy atom. The lowest BCUT2D eigenvalue weighted by Gasteiger charge is -2.22. The van der Waals surface area contributed by atoms with Crippen molar-refractivity contribution >= 4 is 21.9 Å². The van der Waals surface area contributed by atoms with Crippen molar-refractivity contribution in [3.8, 4) is 22.8 Å². The normalized spacial score (nSPS) is 16.1. The van der Waals surface area contributed by atoms with Crippen molar-refractivity contribution in [1.82, 2.24) is 9.78 Å². The van der Waals surface area contributed by atoms with E-state index in [1.165, 1.54) is 25.2 Å². The molecule has 2 heterocycles. The van der Waals surface area contributed by atoms with Crippen LogP contribution in [0.5, 0.6) is 11.5 Å². The fraction of sp³-hybridized carbons (Fsp3) is 0.273. The van der Waals surface area contributed by atoms with Crippen LogP contribution in [0.3, 0.4) is 0 Å². The molecule has 35 heavy (non-hydrogen) atoms. The summed E-state index contributed by atoms with van der Waals surface area (Å²) in [4.78, 5) is 11.5. The summed E-state index contributed by atoms with van der Waals surface area (Å²) in [5.74, 6) is -6.37. The second-order valence-corrected chi connectivity index (χ2v) is 8.51. The molecule has 4 rings (SSSR count). The van der Waals surface area contributed by atoms with Crippen LogP contribution in [-0.4, -0.2) is 39.4 Å². The molecule has 3 aromatic rings. The Morgan fingerprint density at radius 3 is 2.49 bits per heavy atom. The molecule has 2 N–H and O–H groups in total. The van der Waals surface area contributed by atoms with Crippen molar-refractivity contribution < 1.29 is 46.8 Å². The predicted octanol–water partition coefficient (Wildman–Crippen LogP) is 4.20. The van der Waals surface area contributed by atoms with Crippen LogP contribution in [0.1, 0.15) is 29.0 Å². The summed E-state index contributed by atoms with van der Waals surface area (Å²) in [7, 11) is 2.18. The fourth-order valence-electron chi connectivity index (χ4n) is 3.62. The second-order valence-electron chi connectivity index (χ2n) is 7.60. The summed E-state index contributed by atoms with van der Waals surface area (Å²) in [5, 5.41) is 25.5. The number of hydrogen-bond acceptors (Lipinski definition) is 7. The third-order valence-electron chi connectivity index (χ3n) is 5.32. The van der Waals surface area contributed by atoms with Gasteiger partial charge in [0.1, 0.15) is 17.9 Å². The number of aryl methyl sites for hydroxylation is 1. The Hall–Kier alpha value is -3.16. The highest BCUT2D eigenvalue weighted by atomic mass is 79.9. The highest BCUT2D eigenvalue weighted by Gasteiger charge is 2.46. The van der Waals surface area contributed by atoms with E-state index in [1.807, 2.05) is 0 Å². The van der Waals surface area contributed by atoms with Crippen molar-refractivity contribution in [3.05, 3.63) is 63.8 Å². The number of methoxy groups -OCH3 is 1. The summed E-state index contributed by atoms with van der Waals surface area (Å²) in [6.45, 7) is 0. The highest BCUT2D eigenvalue weighted by molar-refractivity contribution is 9.10. The average molecular weight is 561 g/mol. The lowest BCUT2D eigenvalue weighted by Crippen LogP contribution is -2.27. The lowest BCUT2D eigenvalue weighted by atomic mass is 9.93. The van der Waals surface area contributed by atoms with Crippen molar-refractivity contribution in [2.24, 2.45) is 7.05 Å².